The maximum atomic E-state index is 14.4. The quantitative estimate of drug-likeness (QED) is 0.199. The molecule has 11 unspecified atom stereocenters. The van der Waals surface area contributed by atoms with Crippen LogP contribution in [0.25, 0.3) is 0 Å². The van der Waals surface area contributed by atoms with Crippen molar-refractivity contribution in [2.75, 3.05) is 0 Å². The number of ether oxygens (including phenoxy) is 5. The van der Waals surface area contributed by atoms with Crippen molar-refractivity contribution >= 4 is 29.7 Å². The van der Waals surface area contributed by atoms with E-state index in [1.165, 1.54) is 20.8 Å². The smallest absolute Gasteiger partial charge is 0.309 e. The number of Topliss-reactive ketones (excluding diaryl/α,β-unsaturated/α-hetero) is 1. The average molecular weight is 577 g/mol. The molecule has 0 amide bonds. The number of hydrogen-bond acceptors (Lipinski definition) is 10. The maximum absolute atomic E-state index is 14.4. The Hall–Kier alpha value is -2.75. The van der Waals surface area contributed by atoms with Crippen LogP contribution in [0.15, 0.2) is 11.6 Å². The summed E-state index contributed by atoms with van der Waals surface area (Å²) in [7, 11) is 0. The molecule has 0 N–H and O–H groups in total. The predicted molar refractivity (Wildman–Crippen MR) is 145 cm³/mol. The van der Waals surface area contributed by atoms with E-state index in [-0.39, 0.29) is 17.6 Å². The summed E-state index contributed by atoms with van der Waals surface area (Å²) in [6.45, 7) is 16.8. The molecule has 0 spiro atoms. The summed E-state index contributed by atoms with van der Waals surface area (Å²) >= 11 is 0. The molecule has 0 radical (unpaired) electrons. The molecule has 228 valence electrons. The second kappa shape index (κ2) is 10.5. The lowest BCUT2D eigenvalue weighted by atomic mass is 9.80. The van der Waals surface area contributed by atoms with E-state index in [4.69, 9.17) is 23.7 Å². The zero-order valence-electron chi connectivity index (χ0n) is 25.8. The average Bonchev–Trinajstić information content (AvgIpc) is 3.66. The molecular weight excluding hydrogens is 532 g/mol. The van der Waals surface area contributed by atoms with Crippen LogP contribution >= 0.6 is 0 Å². The zero-order valence-corrected chi connectivity index (χ0v) is 25.8. The van der Waals surface area contributed by atoms with Gasteiger partial charge in [0.1, 0.15) is 18.3 Å². The first-order valence-corrected chi connectivity index (χ1v) is 14.6. The molecule has 0 aromatic rings. The minimum absolute atomic E-state index is 0.223. The van der Waals surface area contributed by atoms with Crippen LogP contribution in [0.3, 0.4) is 0 Å². The number of ketones is 1. The van der Waals surface area contributed by atoms with E-state index in [9.17, 15) is 24.0 Å². The largest absolute Gasteiger partial charge is 0.461 e. The molecule has 1 heterocycles. The van der Waals surface area contributed by atoms with E-state index in [2.05, 4.69) is 0 Å². The van der Waals surface area contributed by atoms with Crippen molar-refractivity contribution in [2.45, 2.75) is 118 Å². The molecule has 1 aliphatic heterocycles. The first-order valence-electron chi connectivity index (χ1n) is 14.6. The van der Waals surface area contributed by atoms with Gasteiger partial charge in [0.05, 0.1) is 11.8 Å². The fourth-order valence-electron chi connectivity index (χ4n) is 7.62. The summed E-state index contributed by atoms with van der Waals surface area (Å²) in [5.74, 6) is -4.47. The van der Waals surface area contributed by atoms with Crippen LogP contribution in [0, 0.1) is 35.0 Å². The van der Waals surface area contributed by atoms with Gasteiger partial charge in [0.2, 0.25) is 0 Å². The molecule has 11 atom stereocenters. The van der Waals surface area contributed by atoms with Crippen LogP contribution in [-0.4, -0.2) is 65.3 Å². The van der Waals surface area contributed by atoms with Gasteiger partial charge in [0.25, 0.3) is 0 Å². The third-order valence-electron chi connectivity index (χ3n) is 9.83. The Morgan fingerprint density at radius 2 is 1.51 bits per heavy atom. The van der Waals surface area contributed by atoms with E-state index in [1.807, 2.05) is 27.7 Å². The van der Waals surface area contributed by atoms with Crippen molar-refractivity contribution in [3.05, 3.63) is 11.6 Å². The van der Waals surface area contributed by atoms with Crippen LogP contribution in [0.1, 0.15) is 82.1 Å². The lowest BCUT2D eigenvalue weighted by Gasteiger charge is -2.31. The highest BCUT2D eigenvalue weighted by molar-refractivity contribution is 5.96. The van der Waals surface area contributed by atoms with Crippen LogP contribution in [-0.2, 0) is 47.7 Å². The van der Waals surface area contributed by atoms with Crippen molar-refractivity contribution in [1.29, 1.82) is 0 Å². The molecule has 10 nitrogen and oxygen atoms in total. The van der Waals surface area contributed by atoms with Gasteiger partial charge in [-0.25, -0.2) is 0 Å². The monoisotopic (exact) mass is 576 g/mol. The van der Waals surface area contributed by atoms with E-state index >= 15 is 0 Å². The Labute approximate surface area is 241 Å². The fraction of sp³-hybridized carbons (Fsp3) is 0.774. The molecule has 1 saturated heterocycles. The van der Waals surface area contributed by atoms with Crippen LogP contribution in [0.5, 0.6) is 0 Å². The van der Waals surface area contributed by atoms with Crippen molar-refractivity contribution in [3.63, 3.8) is 0 Å². The number of fused-ring (bicyclic) bond motifs is 1. The van der Waals surface area contributed by atoms with Crippen molar-refractivity contribution in [3.8, 4) is 0 Å². The molecule has 0 aromatic carbocycles. The third-order valence-corrected chi connectivity index (χ3v) is 9.83. The number of carbonyl (C=O) groups is 5. The molecule has 2 saturated carbocycles. The summed E-state index contributed by atoms with van der Waals surface area (Å²) in [5.41, 5.74) is -2.63. The summed E-state index contributed by atoms with van der Waals surface area (Å²) in [6, 6.07) is 0. The summed E-state index contributed by atoms with van der Waals surface area (Å²) in [6.07, 6.45) is -0.980. The van der Waals surface area contributed by atoms with Gasteiger partial charge in [-0.3, -0.25) is 24.0 Å². The lowest BCUT2D eigenvalue weighted by Crippen LogP contribution is -2.43. The minimum Gasteiger partial charge on any atom is -0.461 e. The second-order valence-corrected chi connectivity index (χ2v) is 13.2. The summed E-state index contributed by atoms with van der Waals surface area (Å²) in [4.78, 5) is 64.5. The SMILES string of the molecule is CCC(C)C(=O)OC1C(OC(C)=O)C(C)=CC23OC2(CC(C)C3OC(C)=O)C(=O)C(C)C(OC(C)=O)C2C1C2(C)C. The number of esters is 4. The van der Waals surface area contributed by atoms with Crippen LogP contribution < -0.4 is 0 Å². The highest BCUT2D eigenvalue weighted by Crippen LogP contribution is 2.69. The Morgan fingerprint density at radius 3 is 2.05 bits per heavy atom. The number of carbonyl (C=O) groups excluding carboxylic acids is 5. The molecule has 3 fully saturated rings. The van der Waals surface area contributed by atoms with Gasteiger partial charge in [-0.2, -0.15) is 0 Å². The van der Waals surface area contributed by atoms with Gasteiger partial charge in [-0.15, -0.1) is 0 Å². The molecule has 4 rings (SSSR count). The number of epoxide rings is 1. The van der Waals surface area contributed by atoms with E-state index in [1.54, 1.807) is 26.8 Å². The Morgan fingerprint density at radius 1 is 0.951 bits per heavy atom. The van der Waals surface area contributed by atoms with Crippen molar-refractivity contribution in [1.82, 2.24) is 0 Å². The molecule has 10 heteroatoms. The van der Waals surface area contributed by atoms with Gasteiger partial charge in [-0.1, -0.05) is 41.5 Å². The second-order valence-electron chi connectivity index (χ2n) is 13.2. The first-order chi connectivity index (χ1) is 18.9. The molecule has 3 aliphatic carbocycles. The van der Waals surface area contributed by atoms with Gasteiger partial charge < -0.3 is 23.7 Å². The standard InChI is InChI=1S/C31H44O10/c1-11-14(2)28(36)40-25-22-21(29(22,9)10)24(38-19(7)33)17(5)26(35)30-13-16(4)27(39-20(8)34)31(30,41-30)12-15(3)23(25)37-18(6)32/h12,14,16-17,21-25,27H,11,13H2,1-10H3. The Bertz CT molecular complexity index is 1170. The predicted octanol–water partition coefficient (Wildman–Crippen LogP) is 3.72. The molecule has 41 heavy (non-hydrogen) atoms. The molecule has 4 aliphatic rings. The van der Waals surface area contributed by atoms with Crippen molar-refractivity contribution in [2.24, 2.45) is 35.0 Å². The maximum Gasteiger partial charge on any atom is 0.309 e. The molecular formula is C31H44O10. The van der Waals surface area contributed by atoms with Gasteiger partial charge in [0, 0.05) is 32.6 Å². The number of rotatable bonds is 6. The number of hydrogen-bond donors (Lipinski definition) is 0. The lowest BCUT2D eigenvalue weighted by molar-refractivity contribution is -0.170. The van der Waals surface area contributed by atoms with Crippen LogP contribution in [0.2, 0.25) is 0 Å². The zero-order chi connectivity index (χ0) is 30.8. The Kier molecular flexibility index (Phi) is 7.99. The van der Waals surface area contributed by atoms with E-state index in [0.717, 1.165) is 0 Å². The first kappa shape index (κ1) is 31.2. The Balaban J connectivity index is 1.94. The summed E-state index contributed by atoms with van der Waals surface area (Å²) in [5, 5.41) is 0. The van der Waals surface area contributed by atoms with Gasteiger partial charge >= 0.3 is 23.9 Å². The third kappa shape index (κ3) is 5.00. The molecule has 0 aromatic heterocycles. The highest BCUT2D eigenvalue weighted by Gasteiger charge is 2.84. The van der Waals surface area contributed by atoms with Gasteiger partial charge in [0.15, 0.2) is 23.1 Å². The van der Waals surface area contributed by atoms with E-state index in [0.29, 0.717) is 18.4 Å². The molecule has 0 bridgehead atoms. The summed E-state index contributed by atoms with van der Waals surface area (Å²) < 4.78 is 30.0. The van der Waals surface area contributed by atoms with Gasteiger partial charge in [-0.05, 0) is 42.7 Å². The fourth-order valence-corrected chi connectivity index (χ4v) is 7.62. The minimum atomic E-state index is -1.31. The van der Waals surface area contributed by atoms with E-state index < -0.39 is 82.7 Å². The normalized spacial score (nSPS) is 41.2. The van der Waals surface area contributed by atoms with Crippen LogP contribution in [0.4, 0.5) is 0 Å². The van der Waals surface area contributed by atoms with Crippen molar-refractivity contribution < 1.29 is 47.7 Å². The topological polar surface area (TPSA) is 135 Å². The highest BCUT2D eigenvalue weighted by atomic mass is 16.7.